The van der Waals surface area contributed by atoms with Gasteiger partial charge in [-0.05, 0) is 37.1 Å². The molecule has 2 aromatic rings. The highest BCUT2D eigenvalue weighted by Gasteiger charge is 2.48. The first kappa shape index (κ1) is 17.4. The lowest BCUT2D eigenvalue weighted by Crippen LogP contribution is -2.49. The van der Waals surface area contributed by atoms with Crippen LogP contribution in [0.15, 0.2) is 47.6 Å². The zero-order valence-electron chi connectivity index (χ0n) is 13.9. The highest BCUT2D eigenvalue weighted by atomic mass is 32.2. The number of hydrogen-bond acceptors (Lipinski definition) is 4. The molecule has 0 spiro atoms. The van der Waals surface area contributed by atoms with Crippen LogP contribution in [-0.4, -0.2) is 35.9 Å². The Morgan fingerprint density at radius 3 is 2.31 bits per heavy atom. The molecule has 138 valence electrons. The van der Waals surface area contributed by atoms with Gasteiger partial charge in [-0.2, -0.15) is 4.31 Å². The third-order valence-electron chi connectivity index (χ3n) is 4.97. The minimum absolute atomic E-state index is 0.104. The number of benzene rings is 1. The van der Waals surface area contributed by atoms with Crippen LogP contribution in [-0.2, 0) is 10.0 Å². The molecule has 2 aliphatic heterocycles. The molecule has 0 radical (unpaired) electrons. The van der Waals surface area contributed by atoms with Gasteiger partial charge < -0.3 is 4.74 Å². The van der Waals surface area contributed by atoms with Crippen molar-refractivity contribution in [2.45, 2.75) is 48.8 Å². The van der Waals surface area contributed by atoms with Crippen molar-refractivity contribution in [2.75, 3.05) is 0 Å². The molecule has 2 bridgehead atoms. The average Bonchev–Trinajstić information content (AvgIpc) is 2.87. The number of ether oxygens (including phenoxy) is 1. The predicted octanol–water partition coefficient (Wildman–Crippen LogP) is 3.12. The molecule has 0 aliphatic carbocycles. The van der Waals surface area contributed by atoms with Gasteiger partial charge in [0.05, 0.1) is 11.1 Å². The molecule has 1 aromatic heterocycles. The Labute approximate surface area is 150 Å². The molecule has 8 heteroatoms. The van der Waals surface area contributed by atoms with Gasteiger partial charge >= 0.3 is 0 Å². The van der Waals surface area contributed by atoms with E-state index in [1.165, 1.54) is 4.31 Å². The van der Waals surface area contributed by atoms with Crippen LogP contribution in [0, 0.1) is 11.6 Å². The van der Waals surface area contributed by atoms with Crippen LogP contribution in [0.5, 0.6) is 5.75 Å². The number of fused-ring (bicyclic) bond motifs is 2. The topological polar surface area (TPSA) is 59.5 Å². The van der Waals surface area contributed by atoms with E-state index >= 15 is 0 Å². The lowest BCUT2D eigenvalue weighted by atomic mass is 10.0. The first-order valence-corrected chi connectivity index (χ1v) is 9.94. The Morgan fingerprint density at radius 1 is 1.08 bits per heavy atom. The number of pyridine rings is 1. The van der Waals surface area contributed by atoms with E-state index in [4.69, 9.17) is 4.74 Å². The van der Waals surface area contributed by atoms with Crippen LogP contribution in [0.25, 0.3) is 0 Å². The first-order valence-electron chi connectivity index (χ1n) is 8.50. The Balaban J connectivity index is 1.56. The van der Waals surface area contributed by atoms with Crippen molar-refractivity contribution >= 4 is 10.0 Å². The molecule has 2 saturated heterocycles. The molecule has 2 atom stereocenters. The second kappa shape index (κ2) is 6.59. The van der Waals surface area contributed by atoms with Crippen LogP contribution in [0.1, 0.15) is 25.7 Å². The molecule has 2 unspecified atom stereocenters. The second-order valence-electron chi connectivity index (χ2n) is 6.73. The minimum atomic E-state index is -3.95. The van der Waals surface area contributed by atoms with Gasteiger partial charge in [0.15, 0.2) is 0 Å². The fraction of sp³-hybridized carbons (Fsp3) is 0.389. The van der Waals surface area contributed by atoms with Gasteiger partial charge in [-0.1, -0.05) is 0 Å². The number of sulfonamides is 1. The maximum atomic E-state index is 13.5. The summed E-state index contributed by atoms with van der Waals surface area (Å²) in [6, 6.07) is 5.54. The second-order valence-corrected chi connectivity index (χ2v) is 8.57. The summed E-state index contributed by atoms with van der Waals surface area (Å²) in [5, 5.41) is 0. The zero-order chi connectivity index (χ0) is 18.3. The van der Waals surface area contributed by atoms with Crippen LogP contribution >= 0.6 is 0 Å². The molecule has 0 amide bonds. The van der Waals surface area contributed by atoms with Crippen molar-refractivity contribution in [1.82, 2.24) is 9.29 Å². The zero-order valence-corrected chi connectivity index (χ0v) is 14.7. The van der Waals surface area contributed by atoms with Crippen molar-refractivity contribution in [1.29, 1.82) is 0 Å². The van der Waals surface area contributed by atoms with Gasteiger partial charge in [0.25, 0.3) is 0 Å². The van der Waals surface area contributed by atoms with Gasteiger partial charge in [0, 0.05) is 37.2 Å². The van der Waals surface area contributed by atoms with Gasteiger partial charge in [-0.3, -0.25) is 4.98 Å². The lowest BCUT2D eigenvalue weighted by molar-refractivity contribution is 0.0953. The minimum Gasteiger partial charge on any atom is -0.489 e. The molecule has 26 heavy (non-hydrogen) atoms. The molecule has 0 N–H and O–H groups in total. The van der Waals surface area contributed by atoms with E-state index < -0.39 is 21.7 Å². The Morgan fingerprint density at radius 2 is 1.73 bits per heavy atom. The van der Waals surface area contributed by atoms with Gasteiger partial charge in [-0.15, -0.1) is 0 Å². The summed E-state index contributed by atoms with van der Waals surface area (Å²) in [5.41, 5.74) is 0. The molecule has 1 aromatic carbocycles. The first-order chi connectivity index (χ1) is 12.4. The number of nitrogens with zero attached hydrogens (tertiary/aromatic N) is 2. The SMILES string of the molecule is O=S(=O)(c1cc(F)cc(F)c1)N1C2CCC1CC(Oc1cccnc1)C2. The van der Waals surface area contributed by atoms with E-state index in [-0.39, 0.29) is 23.1 Å². The highest BCUT2D eigenvalue weighted by Crippen LogP contribution is 2.41. The highest BCUT2D eigenvalue weighted by molar-refractivity contribution is 7.89. The summed E-state index contributed by atoms with van der Waals surface area (Å²) in [5.74, 6) is -1.14. The summed E-state index contributed by atoms with van der Waals surface area (Å²) < 4.78 is 60.3. The number of rotatable bonds is 4. The summed E-state index contributed by atoms with van der Waals surface area (Å²) >= 11 is 0. The van der Waals surface area contributed by atoms with Crippen LogP contribution in [0.2, 0.25) is 0 Å². The summed E-state index contributed by atoms with van der Waals surface area (Å²) in [6.45, 7) is 0. The standard InChI is InChI=1S/C18H18F2N2O3S/c19-12-6-13(20)8-18(7-12)26(23,24)22-14-3-4-15(22)10-17(9-14)25-16-2-1-5-21-11-16/h1-2,5-8,11,14-15,17H,3-4,9-10H2. The maximum Gasteiger partial charge on any atom is 0.243 e. The van der Waals surface area contributed by atoms with Crippen LogP contribution in [0.3, 0.4) is 0 Å². The number of halogens is 2. The van der Waals surface area contributed by atoms with E-state index in [1.807, 2.05) is 6.07 Å². The quantitative estimate of drug-likeness (QED) is 0.818. The lowest BCUT2D eigenvalue weighted by Gasteiger charge is -2.37. The maximum absolute atomic E-state index is 13.5. The van der Waals surface area contributed by atoms with Crippen LogP contribution < -0.4 is 4.74 Å². The fourth-order valence-corrected chi connectivity index (χ4v) is 5.92. The number of piperidine rings is 1. The van der Waals surface area contributed by atoms with Crippen molar-refractivity contribution < 1.29 is 21.9 Å². The molecule has 4 rings (SSSR count). The summed E-state index contributed by atoms with van der Waals surface area (Å²) in [4.78, 5) is 3.68. The Hall–Kier alpha value is -2.06. The molecule has 0 saturated carbocycles. The van der Waals surface area contributed by atoms with E-state index in [1.54, 1.807) is 18.5 Å². The molecule has 2 fully saturated rings. The summed E-state index contributed by atoms with van der Waals surface area (Å²) in [7, 11) is -3.95. The number of aromatic nitrogens is 1. The van der Waals surface area contributed by atoms with Gasteiger partial charge in [0.2, 0.25) is 10.0 Å². The molecule has 5 nitrogen and oxygen atoms in total. The van der Waals surface area contributed by atoms with E-state index in [0.717, 1.165) is 12.1 Å². The molecule has 3 heterocycles. The van der Waals surface area contributed by atoms with Crippen molar-refractivity contribution in [3.8, 4) is 5.75 Å². The molecular formula is C18H18F2N2O3S. The van der Waals surface area contributed by atoms with Gasteiger partial charge in [0.1, 0.15) is 23.5 Å². The smallest absolute Gasteiger partial charge is 0.243 e. The van der Waals surface area contributed by atoms with E-state index in [9.17, 15) is 17.2 Å². The Kier molecular flexibility index (Phi) is 4.40. The largest absolute Gasteiger partial charge is 0.489 e. The van der Waals surface area contributed by atoms with Crippen molar-refractivity contribution in [2.24, 2.45) is 0 Å². The van der Waals surface area contributed by atoms with E-state index in [2.05, 4.69) is 4.98 Å². The summed E-state index contributed by atoms with van der Waals surface area (Å²) in [6.07, 6.45) is 5.70. The Bertz CT molecular complexity index is 874. The average molecular weight is 380 g/mol. The normalized spacial score (nSPS) is 26.0. The van der Waals surface area contributed by atoms with E-state index in [0.29, 0.717) is 37.5 Å². The third kappa shape index (κ3) is 3.19. The predicted molar refractivity (Wildman–Crippen MR) is 90.1 cm³/mol. The van der Waals surface area contributed by atoms with Crippen molar-refractivity contribution in [3.63, 3.8) is 0 Å². The monoisotopic (exact) mass is 380 g/mol. The van der Waals surface area contributed by atoms with Crippen LogP contribution in [0.4, 0.5) is 8.78 Å². The molecular weight excluding hydrogens is 362 g/mol. The molecule has 2 aliphatic rings. The van der Waals surface area contributed by atoms with Crippen molar-refractivity contribution in [3.05, 3.63) is 54.4 Å². The third-order valence-corrected chi connectivity index (χ3v) is 6.95. The fourth-order valence-electron chi connectivity index (χ4n) is 3.98. The van der Waals surface area contributed by atoms with Gasteiger partial charge in [-0.25, -0.2) is 17.2 Å². The number of hydrogen-bond donors (Lipinski definition) is 0.